The van der Waals surface area contributed by atoms with Gasteiger partial charge in [0.15, 0.2) is 5.92 Å². The molecule has 2 unspecified atom stereocenters. The first-order valence-electron chi connectivity index (χ1n) is 5.49. The lowest BCUT2D eigenvalue weighted by Gasteiger charge is -2.19. The summed E-state index contributed by atoms with van der Waals surface area (Å²) in [4.78, 5) is 21.9. The number of carbonyl (C=O) groups is 2. The number of amides is 1. The van der Waals surface area contributed by atoms with Crippen LogP contribution < -0.4 is 10.6 Å². The van der Waals surface area contributed by atoms with E-state index in [-0.39, 0.29) is 13.2 Å². The van der Waals surface area contributed by atoms with Gasteiger partial charge < -0.3 is 20.5 Å². The molecule has 0 heterocycles. The molecule has 0 fully saturated rings. The number of carbonyl (C=O) groups excluding carboxylic acids is 1. The van der Waals surface area contributed by atoms with Crippen molar-refractivity contribution in [2.24, 2.45) is 5.92 Å². The maximum Gasteiger partial charge on any atom is 0.403 e. The van der Waals surface area contributed by atoms with Gasteiger partial charge in [0.2, 0.25) is 5.91 Å². The summed E-state index contributed by atoms with van der Waals surface area (Å²) in [5, 5.41) is 13.1. The quantitative estimate of drug-likeness (QED) is 0.546. The standard InChI is InChI=1S/C10H17F3N2O4/c1-6(8(16)14-3-4-19-2)15-5-7(9(17)18)10(11,12)13/h6-7,15H,3-5H2,1-2H3,(H,14,16)(H,17,18). The molecule has 0 aliphatic heterocycles. The Balaban J connectivity index is 4.22. The number of hydrogen-bond acceptors (Lipinski definition) is 4. The molecule has 0 aromatic carbocycles. The van der Waals surface area contributed by atoms with E-state index in [1.165, 1.54) is 14.0 Å². The second kappa shape index (κ2) is 7.95. The molecule has 0 aromatic heterocycles. The van der Waals surface area contributed by atoms with E-state index in [1.807, 2.05) is 0 Å². The Morgan fingerprint density at radius 2 is 1.95 bits per heavy atom. The molecule has 2 atom stereocenters. The number of aliphatic carboxylic acids is 1. The molecule has 0 bridgehead atoms. The fraction of sp³-hybridized carbons (Fsp3) is 0.800. The van der Waals surface area contributed by atoms with Crippen LogP contribution in [0, 0.1) is 5.92 Å². The maximum atomic E-state index is 12.3. The molecular formula is C10H17F3N2O4. The van der Waals surface area contributed by atoms with E-state index in [4.69, 9.17) is 5.11 Å². The van der Waals surface area contributed by atoms with Gasteiger partial charge in [0, 0.05) is 20.2 Å². The fourth-order valence-electron chi connectivity index (χ4n) is 1.16. The summed E-state index contributed by atoms with van der Waals surface area (Å²) in [6, 6.07) is -0.930. The van der Waals surface area contributed by atoms with Crippen LogP contribution in [0.1, 0.15) is 6.92 Å². The Kier molecular flexibility index (Phi) is 7.38. The largest absolute Gasteiger partial charge is 0.481 e. The molecule has 0 saturated carbocycles. The molecular weight excluding hydrogens is 269 g/mol. The number of carboxylic acids is 1. The van der Waals surface area contributed by atoms with Gasteiger partial charge in [-0.2, -0.15) is 13.2 Å². The first-order valence-corrected chi connectivity index (χ1v) is 5.49. The van der Waals surface area contributed by atoms with Gasteiger partial charge in [-0.3, -0.25) is 9.59 Å². The van der Waals surface area contributed by atoms with Gasteiger partial charge >= 0.3 is 12.1 Å². The van der Waals surface area contributed by atoms with E-state index >= 15 is 0 Å². The van der Waals surface area contributed by atoms with Gasteiger partial charge in [-0.25, -0.2) is 0 Å². The van der Waals surface area contributed by atoms with Crippen molar-refractivity contribution in [3.8, 4) is 0 Å². The van der Waals surface area contributed by atoms with Crippen molar-refractivity contribution in [3.05, 3.63) is 0 Å². The van der Waals surface area contributed by atoms with Crippen LogP contribution >= 0.6 is 0 Å². The van der Waals surface area contributed by atoms with Crippen molar-refractivity contribution < 1.29 is 32.6 Å². The third kappa shape index (κ3) is 6.97. The Bertz CT molecular complexity index is 310. The smallest absolute Gasteiger partial charge is 0.403 e. The van der Waals surface area contributed by atoms with Crippen molar-refractivity contribution in [2.45, 2.75) is 19.1 Å². The lowest BCUT2D eigenvalue weighted by Crippen LogP contribution is -2.48. The van der Waals surface area contributed by atoms with Crippen LogP contribution in [0.25, 0.3) is 0 Å². The molecule has 0 spiro atoms. The third-order valence-electron chi connectivity index (χ3n) is 2.32. The first kappa shape index (κ1) is 17.6. The van der Waals surface area contributed by atoms with Crippen molar-refractivity contribution >= 4 is 11.9 Å². The molecule has 0 aliphatic rings. The third-order valence-corrected chi connectivity index (χ3v) is 2.32. The second-order valence-corrected chi connectivity index (χ2v) is 3.85. The predicted molar refractivity (Wildman–Crippen MR) is 59.5 cm³/mol. The zero-order chi connectivity index (χ0) is 15.1. The Labute approximate surface area is 108 Å². The zero-order valence-electron chi connectivity index (χ0n) is 10.6. The first-order chi connectivity index (χ1) is 8.70. The zero-order valence-corrected chi connectivity index (χ0v) is 10.6. The average molecular weight is 286 g/mol. The average Bonchev–Trinajstić information content (AvgIpc) is 2.26. The van der Waals surface area contributed by atoms with E-state index in [0.29, 0.717) is 0 Å². The minimum absolute atomic E-state index is 0.225. The molecule has 0 radical (unpaired) electrons. The van der Waals surface area contributed by atoms with Crippen LogP contribution in [0.4, 0.5) is 13.2 Å². The van der Waals surface area contributed by atoms with E-state index in [9.17, 15) is 22.8 Å². The van der Waals surface area contributed by atoms with Crippen molar-refractivity contribution in [1.29, 1.82) is 0 Å². The highest BCUT2D eigenvalue weighted by Crippen LogP contribution is 2.25. The Hall–Kier alpha value is -1.35. The van der Waals surface area contributed by atoms with E-state index < -0.39 is 36.6 Å². The monoisotopic (exact) mass is 286 g/mol. The number of nitrogens with one attached hydrogen (secondary N) is 2. The molecule has 112 valence electrons. The van der Waals surface area contributed by atoms with Gasteiger partial charge in [0.1, 0.15) is 0 Å². The molecule has 0 aliphatic carbocycles. The fourth-order valence-corrected chi connectivity index (χ4v) is 1.16. The van der Waals surface area contributed by atoms with Crippen LogP contribution in [-0.2, 0) is 14.3 Å². The highest BCUT2D eigenvalue weighted by Gasteiger charge is 2.45. The highest BCUT2D eigenvalue weighted by molar-refractivity contribution is 5.81. The molecule has 6 nitrogen and oxygen atoms in total. The van der Waals surface area contributed by atoms with Crippen molar-refractivity contribution in [1.82, 2.24) is 10.6 Å². The minimum Gasteiger partial charge on any atom is -0.481 e. The van der Waals surface area contributed by atoms with Crippen LogP contribution in [0.5, 0.6) is 0 Å². The van der Waals surface area contributed by atoms with Gasteiger partial charge in [-0.05, 0) is 6.92 Å². The normalized spacial score (nSPS) is 14.8. The van der Waals surface area contributed by atoms with Crippen molar-refractivity contribution in [3.63, 3.8) is 0 Å². The molecule has 19 heavy (non-hydrogen) atoms. The number of rotatable bonds is 8. The number of methoxy groups -OCH3 is 1. The molecule has 9 heteroatoms. The van der Waals surface area contributed by atoms with Gasteiger partial charge in [0.25, 0.3) is 0 Å². The van der Waals surface area contributed by atoms with Crippen LogP contribution in [-0.4, -0.2) is 56.0 Å². The van der Waals surface area contributed by atoms with Crippen molar-refractivity contribution in [2.75, 3.05) is 26.8 Å². The second-order valence-electron chi connectivity index (χ2n) is 3.85. The summed E-state index contributed by atoms with van der Waals surface area (Å²) in [6.45, 7) is 0.983. The van der Waals surface area contributed by atoms with Crippen LogP contribution in [0.15, 0.2) is 0 Å². The molecule has 1 amide bonds. The number of halogens is 3. The lowest BCUT2D eigenvalue weighted by atomic mass is 10.1. The molecule has 0 aromatic rings. The predicted octanol–water partition coefficient (Wildman–Crippen LogP) is -0.00980. The Morgan fingerprint density at radius 3 is 2.37 bits per heavy atom. The highest BCUT2D eigenvalue weighted by atomic mass is 19.4. The van der Waals surface area contributed by atoms with E-state index in [2.05, 4.69) is 15.4 Å². The topological polar surface area (TPSA) is 87.7 Å². The number of alkyl halides is 3. The summed E-state index contributed by atoms with van der Waals surface area (Å²) < 4.78 is 41.7. The number of carboxylic acid groups (broad SMARTS) is 1. The molecule has 0 rings (SSSR count). The lowest BCUT2D eigenvalue weighted by molar-refractivity contribution is -0.192. The molecule has 0 saturated heterocycles. The summed E-state index contributed by atoms with van der Waals surface area (Å²) in [5.74, 6) is -5.04. The maximum absolute atomic E-state index is 12.3. The summed E-state index contributed by atoms with van der Waals surface area (Å²) in [7, 11) is 1.44. The summed E-state index contributed by atoms with van der Waals surface area (Å²) in [6.07, 6.45) is -4.86. The van der Waals surface area contributed by atoms with E-state index in [1.54, 1.807) is 0 Å². The van der Waals surface area contributed by atoms with Crippen LogP contribution in [0.2, 0.25) is 0 Å². The number of hydrogen-bond donors (Lipinski definition) is 3. The summed E-state index contributed by atoms with van der Waals surface area (Å²) in [5.41, 5.74) is 0. The van der Waals surface area contributed by atoms with Crippen LogP contribution in [0.3, 0.4) is 0 Å². The Morgan fingerprint density at radius 1 is 1.37 bits per heavy atom. The molecule has 3 N–H and O–H groups in total. The number of ether oxygens (including phenoxy) is 1. The van der Waals surface area contributed by atoms with Gasteiger partial charge in [-0.15, -0.1) is 0 Å². The van der Waals surface area contributed by atoms with E-state index in [0.717, 1.165) is 0 Å². The van der Waals surface area contributed by atoms with Gasteiger partial charge in [0.05, 0.1) is 12.6 Å². The minimum atomic E-state index is -4.86. The SMILES string of the molecule is COCCNC(=O)C(C)NCC(C(=O)O)C(F)(F)F. The summed E-state index contributed by atoms with van der Waals surface area (Å²) >= 11 is 0. The van der Waals surface area contributed by atoms with Gasteiger partial charge in [-0.1, -0.05) is 0 Å².